The van der Waals surface area contributed by atoms with Crippen molar-refractivity contribution in [1.29, 1.82) is 0 Å². The van der Waals surface area contributed by atoms with Crippen LogP contribution in [-0.4, -0.2) is 15.5 Å². The van der Waals surface area contributed by atoms with E-state index in [-0.39, 0.29) is 0 Å². The van der Waals surface area contributed by atoms with Crippen molar-refractivity contribution in [3.63, 3.8) is 0 Å². The van der Waals surface area contributed by atoms with Crippen molar-refractivity contribution in [2.75, 3.05) is 7.11 Å². The van der Waals surface area contributed by atoms with Gasteiger partial charge in [-0.15, -0.1) is 0 Å². The van der Waals surface area contributed by atoms with Gasteiger partial charge < -0.3 is 4.74 Å². The van der Waals surface area contributed by atoms with E-state index in [2.05, 4.69) is 4.72 Å². The van der Waals surface area contributed by atoms with Crippen molar-refractivity contribution in [1.82, 2.24) is 4.72 Å². The molecule has 124 valence electrons. The third kappa shape index (κ3) is 3.86. The number of rotatable bonds is 5. The number of benzene rings is 2. The molecule has 7 heteroatoms. The smallest absolute Gasteiger partial charge is 0.244 e. The van der Waals surface area contributed by atoms with E-state index in [1.807, 2.05) is 13.0 Å². The first-order valence-electron chi connectivity index (χ1n) is 6.86. The molecule has 0 aliphatic heterocycles. The van der Waals surface area contributed by atoms with E-state index in [9.17, 15) is 17.2 Å². The van der Waals surface area contributed by atoms with Gasteiger partial charge in [0.05, 0.1) is 7.11 Å². The number of aryl methyl sites for hydroxylation is 1. The van der Waals surface area contributed by atoms with Crippen LogP contribution in [0.15, 0.2) is 41.3 Å². The highest BCUT2D eigenvalue weighted by molar-refractivity contribution is 7.89. The highest BCUT2D eigenvalue weighted by Crippen LogP contribution is 2.28. The van der Waals surface area contributed by atoms with Gasteiger partial charge >= 0.3 is 0 Å². The molecule has 2 aromatic rings. The van der Waals surface area contributed by atoms with Gasteiger partial charge in [0, 0.05) is 11.6 Å². The molecule has 0 unspecified atom stereocenters. The Bertz CT molecular complexity index is 822. The summed E-state index contributed by atoms with van der Waals surface area (Å²) in [5.41, 5.74) is 1.52. The van der Waals surface area contributed by atoms with Crippen molar-refractivity contribution in [2.45, 2.75) is 24.8 Å². The number of nitrogens with one attached hydrogen (secondary N) is 1. The third-order valence-corrected chi connectivity index (χ3v) is 4.92. The first-order valence-corrected chi connectivity index (χ1v) is 8.35. The zero-order chi connectivity index (χ0) is 17.2. The second kappa shape index (κ2) is 6.64. The molecular weight excluding hydrogens is 324 g/mol. The van der Waals surface area contributed by atoms with E-state index < -0.39 is 32.6 Å². The monoisotopic (exact) mass is 341 g/mol. The zero-order valence-electron chi connectivity index (χ0n) is 12.9. The van der Waals surface area contributed by atoms with Gasteiger partial charge in [-0.05, 0) is 38.1 Å². The van der Waals surface area contributed by atoms with Gasteiger partial charge in [-0.25, -0.2) is 21.9 Å². The SMILES string of the molecule is COc1ccc(C)cc1[C@@H](C)NS(=O)(=O)c1cc(F)ccc1F. The Kier molecular flexibility index (Phi) is 5.01. The number of hydrogen-bond donors (Lipinski definition) is 1. The molecule has 0 aliphatic carbocycles. The van der Waals surface area contributed by atoms with E-state index in [1.165, 1.54) is 7.11 Å². The highest BCUT2D eigenvalue weighted by Gasteiger charge is 2.24. The van der Waals surface area contributed by atoms with E-state index in [0.717, 1.165) is 17.7 Å². The van der Waals surface area contributed by atoms with E-state index in [0.29, 0.717) is 17.4 Å². The van der Waals surface area contributed by atoms with Gasteiger partial charge in [0.15, 0.2) is 0 Å². The lowest BCUT2D eigenvalue weighted by molar-refractivity contribution is 0.405. The third-order valence-electron chi connectivity index (χ3n) is 3.37. The minimum atomic E-state index is -4.22. The first-order chi connectivity index (χ1) is 10.7. The summed E-state index contributed by atoms with van der Waals surface area (Å²) in [7, 11) is -2.75. The molecule has 2 aromatic carbocycles. The van der Waals surface area contributed by atoms with Crippen LogP contribution in [0.3, 0.4) is 0 Å². The van der Waals surface area contributed by atoms with Crippen LogP contribution < -0.4 is 9.46 Å². The Balaban J connectivity index is 2.37. The van der Waals surface area contributed by atoms with E-state index in [4.69, 9.17) is 4.74 Å². The summed E-state index contributed by atoms with van der Waals surface area (Å²) in [5.74, 6) is -1.33. The molecule has 0 bridgehead atoms. The maximum Gasteiger partial charge on any atom is 0.244 e. The molecule has 4 nitrogen and oxygen atoms in total. The highest BCUT2D eigenvalue weighted by atomic mass is 32.2. The summed E-state index contributed by atoms with van der Waals surface area (Å²) >= 11 is 0. The molecule has 1 N–H and O–H groups in total. The Morgan fingerprint density at radius 2 is 1.83 bits per heavy atom. The fourth-order valence-electron chi connectivity index (χ4n) is 2.23. The summed E-state index contributed by atoms with van der Waals surface area (Å²) < 4.78 is 59.1. The van der Waals surface area contributed by atoms with Crippen molar-refractivity contribution in [2.24, 2.45) is 0 Å². The Hall–Kier alpha value is -1.99. The summed E-state index contributed by atoms with van der Waals surface area (Å²) in [6, 6.07) is 6.93. The Morgan fingerprint density at radius 1 is 1.13 bits per heavy atom. The van der Waals surface area contributed by atoms with Crippen LogP contribution in [0.2, 0.25) is 0 Å². The van der Waals surface area contributed by atoms with Gasteiger partial charge in [-0.1, -0.05) is 17.7 Å². The van der Waals surface area contributed by atoms with Crippen molar-refractivity contribution < 1.29 is 21.9 Å². The molecule has 0 spiro atoms. The fourth-order valence-corrected chi connectivity index (χ4v) is 3.55. The predicted octanol–water partition coefficient (Wildman–Crippen LogP) is 3.32. The van der Waals surface area contributed by atoms with Crippen LogP contribution in [0.1, 0.15) is 24.1 Å². The fraction of sp³-hybridized carbons (Fsp3) is 0.250. The summed E-state index contributed by atoms with van der Waals surface area (Å²) in [6.07, 6.45) is 0. The van der Waals surface area contributed by atoms with E-state index in [1.54, 1.807) is 19.1 Å². The number of sulfonamides is 1. The second-order valence-electron chi connectivity index (χ2n) is 5.16. The zero-order valence-corrected chi connectivity index (χ0v) is 13.7. The molecule has 0 aliphatic rings. The molecule has 0 radical (unpaired) electrons. The van der Waals surface area contributed by atoms with Crippen LogP contribution in [0, 0.1) is 18.6 Å². The van der Waals surface area contributed by atoms with Crippen molar-refractivity contribution >= 4 is 10.0 Å². The van der Waals surface area contributed by atoms with Gasteiger partial charge in [0.25, 0.3) is 0 Å². The van der Waals surface area contributed by atoms with Gasteiger partial charge in [0.1, 0.15) is 22.3 Å². The van der Waals surface area contributed by atoms with Crippen molar-refractivity contribution in [3.8, 4) is 5.75 Å². The molecule has 0 fully saturated rings. The molecule has 1 atom stereocenters. The van der Waals surface area contributed by atoms with Crippen LogP contribution in [-0.2, 0) is 10.0 Å². The molecular formula is C16H17F2NO3S. The second-order valence-corrected chi connectivity index (χ2v) is 6.85. The largest absolute Gasteiger partial charge is 0.496 e. The molecule has 0 heterocycles. The van der Waals surface area contributed by atoms with Gasteiger partial charge in [0.2, 0.25) is 10.0 Å². The topological polar surface area (TPSA) is 55.4 Å². The lowest BCUT2D eigenvalue weighted by Gasteiger charge is -2.18. The standard InChI is InChI=1S/C16H17F2NO3S/c1-10-4-7-15(22-3)13(8-10)11(2)19-23(20,21)16-9-12(17)5-6-14(16)18/h4-9,11,19H,1-3H3/t11-/m1/s1. The summed E-state index contributed by atoms with van der Waals surface area (Å²) in [5, 5.41) is 0. The lowest BCUT2D eigenvalue weighted by atomic mass is 10.1. The molecule has 0 aromatic heterocycles. The summed E-state index contributed by atoms with van der Waals surface area (Å²) in [6.45, 7) is 3.46. The Labute approximate surface area is 134 Å². The first kappa shape index (κ1) is 17.4. The summed E-state index contributed by atoms with van der Waals surface area (Å²) in [4.78, 5) is -0.726. The maximum absolute atomic E-state index is 13.7. The van der Waals surface area contributed by atoms with E-state index >= 15 is 0 Å². The minimum Gasteiger partial charge on any atom is -0.496 e. The minimum absolute atomic E-state index is 0.505. The number of methoxy groups -OCH3 is 1. The number of ether oxygens (including phenoxy) is 1. The quantitative estimate of drug-likeness (QED) is 0.908. The van der Waals surface area contributed by atoms with Crippen LogP contribution in [0.4, 0.5) is 8.78 Å². The molecule has 2 rings (SSSR count). The van der Waals surface area contributed by atoms with Gasteiger partial charge in [-0.2, -0.15) is 0 Å². The molecule has 0 saturated carbocycles. The van der Waals surface area contributed by atoms with Crippen molar-refractivity contribution in [3.05, 3.63) is 59.2 Å². The van der Waals surface area contributed by atoms with Crippen LogP contribution >= 0.6 is 0 Å². The number of hydrogen-bond acceptors (Lipinski definition) is 3. The molecule has 23 heavy (non-hydrogen) atoms. The maximum atomic E-state index is 13.7. The van der Waals surface area contributed by atoms with Crippen LogP contribution in [0.25, 0.3) is 0 Å². The van der Waals surface area contributed by atoms with Crippen LogP contribution in [0.5, 0.6) is 5.75 Å². The number of halogens is 2. The predicted molar refractivity (Wildman–Crippen MR) is 82.8 cm³/mol. The average Bonchev–Trinajstić information content (AvgIpc) is 2.49. The molecule has 0 saturated heterocycles. The molecule has 0 amide bonds. The Morgan fingerprint density at radius 3 is 2.48 bits per heavy atom. The normalized spacial score (nSPS) is 12.9. The van der Waals surface area contributed by atoms with Gasteiger partial charge in [-0.3, -0.25) is 0 Å². The lowest BCUT2D eigenvalue weighted by Crippen LogP contribution is -2.28. The average molecular weight is 341 g/mol.